The fourth-order valence-electron chi connectivity index (χ4n) is 1.50. The molecule has 0 unspecified atom stereocenters. The number of hydrogen-bond donors (Lipinski definition) is 3. The zero-order valence-electron chi connectivity index (χ0n) is 7.64. The average molecular weight is 204 g/mol. The number of phenols is 2. The summed E-state index contributed by atoms with van der Waals surface area (Å²) in [5, 5.41) is 28.7. The standard InChI is InChI=1S/C11H8O4/c12-9-3-1-2-7-6(9)4-5-8(10(7)13)11(14)15/h1-5,12-13H,(H,14,15). The van der Waals surface area contributed by atoms with E-state index in [9.17, 15) is 15.0 Å². The second-order valence-corrected chi connectivity index (χ2v) is 3.14. The number of aromatic carboxylic acids is 1. The Morgan fingerprint density at radius 2 is 1.73 bits per heavy atom. The number of carbonyl (C=O) groups is 1. The van der Waals surface area contributed by atoms with Crippen molar-refractivity contribution in [1.82, 2.24) is 0 Å². The molecule has 0 atom stereocenters. The third-order valence-corrected chi connectivity index (χ3v) is 2.24. The van der Waals surface area contributed by atoms with Crippen molar-refractivity contribution in [1.29, 1.82) is 0 Å². The van der Waals surface area contributed by atoms with Crippen LogP contribution in [0.2, 0.25) is 0 Å². The maximum Gasteiger partial charge on any atom is 0.339 e. The van der Waals surface area contributed by atoms with Crippen molar-refractivity contribution in [3.8, 4) is 11.5 Å². The number of carboxylic acids is 1. The quantitative estimate of drug-likeness (QED) is 0.663. The van der Waals surface area contributed by atoms with E-state index in [-0.39, 0.29) is 17.1 Å². The topological polar surface area (TPSA) is 77.8 Å². The number of carboxylic acid groups (broad SMARTS) is 1. The molecule has 0 aliphatic carbocycles. The summed E-state index contributed by atoms with van der Waals surface area (Å²) in [5.41, 5.74) is -0.173. The molecule has 0 aliphatic rings. The van der Waals surface area contributed by atoms with Crippen LogP contribution in [0.3, 0.4) is 0 Å². The van der Waals surface area contributed by atoms with Gasteiger partial charge in [0.15, 0.2) is 0 Å². The predicted octanol–water partition coefficient (Wildman–Crippen LogP) is 1.95. The molecule has 0 heterocycles. The van der Waals surface area contributed by atoms with E-state index in [2.05, 4.69) is 0 Å². The van der Waals surface area contributed by atoms with Crippen LogP contribution in [-0.4, -0.2) is 21.3 Å². The van der Waals surface area contributed by atoms with E-state index in [1.165, 1.54) is 18.2 Å². The summed E-state index contributed by atoms with van der Waals surface area (Å²) in [6.07, 6.45) is 0. The van der Waals surface area contributed by atoms with Gasteiger partial charge in [0.05, 0.1) is 0 Å². The Bertz CT molecular complexity index is 546. The number of aromatic hydroxyl groups is 2. The van der Waals surface area contributed by atoms with Gasteiger partial charge in [-0.15, -0.1) is 0 Å². The lowest BCUT2D eigenvalue weighted by atomic mass is 10.0. The highest BCUT2D eigenvalue weighted by Crippen LogP contribution is 2.33. The van der Waals surface area contributed by atoms with Crippen LogP contribution in [0.1, 0.15) is 10.4 Å². The lowest BCUT2D eigenvalue weighted by molar-refractivity contribution is 0.0694. The van der Waals surface area contributed by atoms with Gasteiger partial charge in [-0.05, 0) is 18.2 Å². The number of fused-ring (bicyclic) bond motifs is 1. The maximum absolute atomic E-state index is 10.7. The summed E-state index contributed by atoms with van der Waals surface area (Å²) in [6.45, 7) is 0. The molecule has 3 N–H and O–H groups in total. The monoisotopic (exact) mass is 204 g/mol. The molecule has 0 bridgehead atoms. The maximum atomic E-state index is 10.7. The van der Waals surface area contributed by atoms with Gasteiger partial charge in [0, 0.05) is 10.8 Å². The summed E-state index contributed by atoms with van der Waals surface area (Å²) >= 11 is 0. The van der Waals surface area contributed by atoms with Crippen molar-refractivity contribution in [2.75, 3.05) is 0 Å². The van der Waals surface area contributed by atoms with Gasteiger partial charge in [-0.25, -0.2) is 4.79 Å². The Balaban J connectivity index is 2.86. The normalized spacial score (nSPS) is 10.4. The Kier molecular flexibility index (Phi) is 1.97. The third kappa shape index (κ3) is 1.36. The SMILES string of the molecule is O=C(O)c1ccc2c(O)cccc2c1O. The van der Waals surface area contributed by atoms with E-state index in [4.69, 9.17) is 5.11 Å². The first kappa shape index (κ1) is 9.33. The zero-order chi connectivity index (χ0) is 11.0. The van der Waals surface area contributed by atoms with Crippen molar-refractivity contribution in [2.45, 2.75) is 0 Å². The van der Waals surface area contributed by atoms with Crippen LogP contribution < -0.4 is 0 Å². The van der Waals surface area contributed by atoms with Crippen LogP contribution >= 0.6 is 0 Å². The van der Waals surface area contributed by atoms with Crippen molar-refractivity contribution in [2.24, 2.45) is 0 Å². The first-order chi connectivity index (χ1) is 7.11. The van der Waals surface area contributed by atoms with Crippen LogP contribution in [-0.2, 0) is 0 Å². The second kappa shape index (κ2) is 3.16. The first-order valence-corrected chi connectivity index (χ1v) is 4.28. The summed E-state index contributed by atoms with van der Waals surface area (Å²) in [6, 6.07) is 7.30. The smallest absolute Gasteiger partial charge is 0.339 e. The van der Waals surface area contributed by atoms with Crippen LogP contribution in [0.25, 0.3) is 10.8 Å². The zero-order valence-corrected chi connectivity index (χ0v) is 7.64. The van der Waals surface area contributed by atoms with E-state index in [0.717, 1.165) is 0 Å². The first-order valence-electron chi connectivity index (χ1n) is 4.28. The van der Waals surface area contributed by atoms with Gasteiger partial charge in [0.2, 0.25) is 0 Å². The fraction of sp³-hybridized carbons (Fsp3) is 0. The average Bonchev–Trinajstić information content (AvgIpc) is 2.19. The number of hydrogen-bond acceptors (Lipinski definition) is 3. The van der Waals surface area contributed by atoms with Gasteiger partial charge < -0.3 is 15.3 Å². The van der Waals surface area contributed by atoms with E-state index in [1.54, 1.807) is 12.1 Å². The molecule has 2 aromatic carbocycles. The van der Waals surface area contributed by atoms with Crippen LogP contribution in [0.15, 0.2) is 30.3 Å². The van der Waals surface area contributed by atoms with Crippen LogP contribution in [0.5, 0.6) is 11.5 Å². The van der Waals surface area contributed by atoms with Gasteiger partial charge in [-0.3, -0.25) is 0 Å². The molecule has 0 fully saturated rings. The van der Waals surface area contributed by atoms with Crippen molar-refractivity contribution < 1.29 is 20.1 Å². The van der Waals surface area contributed by atoms with E-state index in [0.29, 0.717) is 10.8 Å². The molecule has 0 aromatic heterocycles. The summed E-state index contributed by atoms with van der Waals surface area (Å²) in [4.78, 5) is 10.7. The molecule has 0 spiro atoms. The minimum Gasteiger partial charge on any atom is -0.507 e. The Morgan fingerprint density at radius 3 is 2.40 bits per heavy atom. The third-order valence-electron chi connectivity index (χ3n) is 2.24. The largest absolute Gasteiger partial charge is 0.507 e. The van der Waals surface area contributed by atoms with Gasteiger partial charge >= 0.3 is 5.97 Å². The summed E-state index contributed by atoms with van der Waals surface area (Å²) in [7, 11) is 0. The minimum atomic E-state index is -1.20. The van der Waals surface area contributed by atoms with E-state index in [1.807, 2.05) is 0 Å². The molecule has 15 heavy (non-hydrogen) atoms. The van der Waals surface area contributed by atoms with E-state index < -0.39 is 5.97 Å². The van der Waals surface area contributed by atoms with Crippen molar-refractivity contribution in [3.63, 3.8) is 0 Å². The highest BCUT2D eigenvalue weighted by molar-refractivity contribution is 6.02. The van der Waals surface area contributed by atoms with Crippen molar-refractivity contribution in [3.05, 3.63) is 35.9 Å². The highest BCUT2D eigenvalue weighted by Gasteiger charge is 2.13. The molecule has 0 radical (unpaired) electrons. The summed E-state index contributed by atoms with van der Waals surface area (Å²) in [5.74, 6) is -1.51. The van der Waals surface area contributed by atoms with Crippen molar-refractivity contribution >= 4 is 16.7 Å². The van der Waals surface area contributed by atoms with Gasteiger partial charge in [0.1, 0.15) is 17.1 Å². The Labute approximate surface area is 85.0 Å². The molecule has 76 valence electrons. The highest BCUT2D eigenvalue weighted by atomic mass is 16.4. The Hall–Kier alpha value is -2.23. The second-order valence-electron chi connectivity index (χ2n) is 3.14. The molecule has 0 saturated carbocycles. The number of benzene rings is 2. The molecule has 4 nitrogen and oxygen atoms in total. The number of phenolic OH excluding ortho intramolecular Hbond substituents is 1. The molecule has 0 saturated heterocycles. The molecular formula is C11H8O4. The van der Waals surface area contributed by atoms with Gasteiger partial charge in [0.25, 0.3) is 0 Å². The lowest BCUT2D eigenvalue weighted by Gasteiger charge is -2.05. The number of rotatable bonds is 1. The van der Waals surface area contributed by atoms with E-state index >= 15 is 0 Å². The van der Waals surface area contributed by atoms with Crippen LogP contribution in [0.4, 0.5) is 0 Å². The molecule has 2 aromatic rings. The molecule has 2 rings (SSSR count). The lowest BCUT2D eigenvalue weighted by Crippen LogP contribution is -1.96. The summed E-state index contributed by atoms with van der Waals surface area (Å²) < 4.78 is 0. The minimum absolute atomic E-state index is 0.0136. The molecule has 4 heteroatoms. The molecular weight excluding hydrogens is 196 g/mol. The fourth-order valence-corrected chi connectivity index (χ4v) is 1.50. The van der Waals surface area contributed by atoms with Gasteiger partial charge in [-0.2, -0.15) is 0 Å². The molecule has 0 amide bonds. The molecule has 0 aliphatic heterocycles. The van der Waals surface area contributed by atoms with Crippen LogP contribution in [0, 0.1) is 0 Å². The van der Waals surface area contributed by atoms with Gasteiger partial charge in [-0.1, -0.05) is 12.1 Å². The Morgan fingerprint density at radius 1 is 1.00 bits per heavy atom. The predicted molar refractivity (Wildman–Crippen MR) is 54.2 cm³/mol.